The highest BCUT2D eigenvalue weighted by Crippen LogP contribution is 2.16. The van der Waals surface area contributed by atoms with Crippen LogP contribution in [0.25, 0.3) is 0 Å². The molecule has 0 aromatic rings. The van der Waals surface area contributed by atoms with Crippen molar-refractivity contribution in [1.29, 1.82) is 0 Å². The van der Waals surface area contributed by atoms with Crippen LogP contribution in [0.5, 0.6) is 0 Å². The van der Waals surface area contributed by atoms with E-state index in [-0.39, 0.29) is 6.10 Å². The summed E-state index contributed by atoms with van der Waals surface area (Å²) >= 11 is 10.9. The van der Waals surface area contributed by atoms with Gasteiger partial charge in [-0.25, -0.2) is 0 Å². The zero-order chi connectivity index (χ0) is 5.98. The predicted octanol–water partition coefficient (Wildman–Crippen LogP) is 1.75. The molecule has 0 bridgehead atoms. The molecule has 0 aliphatic carbocycles. The fourth-order valence-electron chi connectivity index (χ4n) is 0.569. The summed E-state index contributed by atoms with van der Waals surface area (Å²) in [6.45, 7) is 0.639. The third kappa shape index (κ3) is 1.38. The molecular formula is C5H6Cl2O. The summed E-state index contributed by atoms with van der Waals surface area (Å²) in [5, 5.41) is 0. The van der Waals surface area contributed by atoms with Crippen molar-refractivity contribution >= 4 is 23.2 Å². The molecule has 1 nitrogen and oxygen atoms in total. The molecule has 1 rings (SSSR count). The van der Waals surface area contributed by atoms with Gasteiger partial charge in [0, 0.05) is 0 Å². The Morgan fingerprint density at radius 1 is 1.62 bits per heavy atom. The molecule has 46 valence electrons. The highest BCUT2D eigenvalue weighted by Gasteiger charge is 2.16. The van der Waals surface area contributed by atoms with Crippen LogP contribution in [0.15, 0.2) is 12.2 Å². The van der Waals surface area contributed by atoms with Crippen LogP contribution in [0.4, 0.5) is 0 Å². The first kappa shape index (κ1) is 6.40. The molecule has 0 saturated heterocycles. The largest absolute Gasteiger partial charge is 0.367 e. The Bertz CT molecular complexity index is 101. The van der Waals surface area contributed by atoms with E-state index in [1.807, 2.05) is 12.2 Å². The SMILES string of the molecule is ClC(Cl)C1C=CCO1. The average Bonchev–Trinajstić information content (AvgIpc) is 2.12. The van der Waals surface area contributed by atoms with Gasteiger partial charge in [0.15, 0.2) is 0 Å². The van der Waals surface area contributed by atoms with Gasteiger partial charge in [-0.3, -0.25) is 0 Å². The molecule has 0 radical (unpaired) electrons. The molecule has 1 heterocycles. The average molecular weight is 153 g/mol. The number of hydrogen-bond donors (Lipinski definition) is 0. The molecule has 0 amide bonds. The monoisotopic (exact) mass is 152 g/mol. The summed E-state index contributed by atoms with van der Waals surface area (Å²) in [4.78, 5) is -0.422. The van der Waals surface area contributed by atoms with Gasteiger partial charge in [-0.2, -0.15) is 0 Å². The first-order chi connectivity index (χ1) is 3.80. The van der Waals surface area contributed by atoms with Crippen molar-refractivity contribution in [2.24, 2.45) is 0 Å². The molecule has 0 spiro atoms. The number of hydrogen-bond acceptors (Lipinski definition) is 1. The van der Waals surface area contributed by atoms with Crippen molar-refractivity contribution in [1.82, 2.24) is 0 Å². The lowest BCUT2D eigenvalue weighted by atomic mass is 10.4. The zero-order valence-electron chi connectivity index (χ0n) is 4.18. The van der Waals surface area contributed by atoms with Gasteiger partial charge in [0.1, 0.15) is 10.9 Å². The summed E-state index contributed by atoms with van der Waals surface area (Å²) < 4.78 is 5.04. The molecule has 3 heteroatoms. The van der Waals surface area contributed by atoms with Gasteiger partial charge >= 0.3 is 0 Å². The molecule has 8 heavy (non-hydrogen) atoms. The highest BCUT2D eigenvalue weighted by molar-refractivity contribution is 6.44. The Morgan fingerprint density at radius 2 is 2.38 bits per heavy atom. The van der Waals surface area contributed by atoms with Crippen LogP contribution in [0, 0.1) is 0 Å². The van der Waals surface area contributed by atoms with E-state index in [2.05, 4.69) is 0 Å². The van der Waals surface area contributed by atoms with Crippen molar-refractivity contribution in [2.75, 3.05) is 6.61 Å². The molecule has 0 fully saturated rings. The van der Waals surface area contributed by atoms with Crippen LogP contribution in [0.1, 0.15) is 0 Å². The Balaban J connectivity index is 2.36. The van der Waals surface area contributed by atoms with Gasteiger partial charge in [-0.15, -0.1) is 23.2 Å². The van der Waals surface area contributed by atoms with Crippen molar-refractivity contribution in [2.45, 2.75) is 10.9 Å². The lowest BCUT2D eigenvalue weighted by Crippen LogP contribution is -2.12. The second-order valence-corrected chi connectivity index (χ2v) is 2.72. The van der Waals surface area contributed by atoms with Crippen LogP contribution >= 0.6 is 23.2 Å². The van der Waals surface area contributed by atoms with Crippen LogP contribution in [-0.2, 0) is 4.74 Å². The summed E-state index contributed by atoms with van der Waals surface area (Å²) in [6, 6.07) is 0. The normalized spacial score (nSPS) is 27.6. The Kier molecular flexibility index (Phi) is 2.17. The molecule has 1 atom stereocenters. The summed E-state index contributed by atoms with van der Waals surface area (Å²) in [5.41, 5.74) is 0. The summed E-state index contributed by atoms with van der Waals surface area (Å²) in [7, 11) is 0. The van der Waals surface area contributed by atoms with E-state index >= 15 is 0 Å². The molecule has 0 aromatic heterocycles. The summed E-state index contributed by atoms with van der Waals surface area (Å²) in [6.07, 6.45) is 3.69. The molecule has 0 N–H and O–H groups in total. The van der Waals surface area contributed by atoms with Gasteiger partial charge in [0.05, 0.1) is 6.61 Å². The molecule has 0 aromatic carbocycles. The molecule has 1 unspecified atom stereocenters. The lowest BCUT2D eigenvalue weighted by molar-refractivity contribution is 0.138. The minimum Gasteiger partial charge on any atom is -0.367 e. The minimum absolute atomic E-state index is 0.0849. The van der Waals surface area contributed by atoms with Crippen molar-refractivity contribution in [3.05, 3.63) is 12.2 Å². The van der Waals surface area contributed by atoms with Crippen molar-refractivity contribution < 1.29 is 4.74 Å². The highest BCUT2D eigenvalue weighted by atomic mass is 35.5. The number of ether oxygens (including phenoxy) is 1. The van der Waals surface area contributed by atoms with Gasteiger partial charge in [0.25, 0.3) is 0 Å². The van der Waals surface area contributed by atoms with E-state index in [0.29, 0.717) is 6.61 Å². The van der Waals surface area contributed by atoms with E-state index in [1.165, 1.54) is 0 Å². The maximum absolute atomic E-state index is 5.47. The van der Waals surface area contributed by atoms with Gasteiger partial charge in [-0.1, -0.05) is 12.2 Å². The Morgan fingerprint density at radius 3 is 2.62 bits per heavy atom. The first-order valence-electron chi connectivity index (χ1n) is 2.37. The molecular weight excluding hydrogens is 147 g/mol. The van der Waals surface area contributed by atoms with Crippen molar-refractivity contribution in [3.63, 3.8) is 0 Å². The Labute approximate surface area is 58.2 Å². The molecule has 1 aliphatic heterocycles. The number of rotatable bonds is 1. The Hall–Kier alpha value is 0.280. The van der Waals surface area contributed by atoms with E-state index in [0.717, 1.165) is 0 Å². The second-order valence-electron chi connectivity index (χ2n) is 1.56. The fourth-order valence-corrected chi connectivity index (χ4v) is 0.882. The third-order valence-electron chi connectivity index (χ3n) is 0.959. The number of alkyl halides is 2. The van der Waals surface area contributed by atoms with Crippen LogP contribution < -0.4 is 0 Å². The topological polar surface area (TPSA) is 9.23 Å². The maximum atomic E-state index is 5.47. The maximum Gasteiger partial charge on any atom is 0.137 e. The smallest absolute Gasteiger partial charge is 0.137 e. The number of halogens is 2. The second kappa shape index (κ2) is 2.72. The van der Waals surface area contributed by atoms with E-state index in [9.17, 15) is 0 Å². The van der Waals surface area contributed by atoms with E-state index in [1.54, 1.807) is 0 Å². The first-order valence-corrected chi connectivity index (χ1v) is 3.24. The van der Waals surface area contributed by atoms with Gasteiger partial charge in [0.2, 0.25) is 0 Å². The quantitative estimate of drug-likeness (QED) is 0.411. The summed E-state index contributed by atoms with van der Waals surface area (Å²) in [5.74, 6) is 0. The lowest BCUT2D eigenvalue weighted by Gasteiger charge is -2.06. The van der Waals surface area contributed by atoms with Gasteiger partial charge < -0.3 is 4.74 Å². The molecule has 1 aliphatic rings. The minimum atomic E-state index is -0.422. The van der Waals surface area contributed by atoms with Crippen LogP contribution in [-0.4, -0.2) is 17.5 Å². The van der Waals surface area contributed by atoms with Crippen LogP contribution in [0.2, 0.25) is 0 Å². The van der Waals surface area contributed by atoms with Gasteiger partial charge in [-0.05, 0) is 0 Å². The van der Waals surface area contributed by atoms with E-state index in [4.69, 9.17) is 27.9 Å². The fraction of sp³-hybridized carbons (Fsp3) is 0.600. The predicted molar refractivity (Wildman–Crippen MR) is 34.4 cm³/mol. The molecule has 0 saturated carbocycles. The zero-order valence-corrected chi connectivity index (χ0v) is 5.69. The van der Waals surface area contributed by atoms with E-state index < -0.39 is 4.84 Å². The van der Waals surface area contributed by atoms with Crippen LogP contribution in [0.3, 0.4) is 0 Å². The third-order valence-corrected chi connectivity index (χ3v) is 1.46. The van der Waals surface area contributed by atoms with Crippen molar-refractivity contribution in [3.8, 4) is 0 Å². The standard InChI is InChI=1S/C5H6Cl2O/c6-5(7)4-2-1-3-8-4/h1-2,4-5H,3H2.